The van der Waals surface area contributed by atoms with Gasteiger partial charge in [-0.2, -0.15) is 8.42 Å². The predicted molar refractivity (Wildman–Crippen MR) is 136 cm³/mol. The Morgan fingerprint density at radius 2 is 0.935 bits per heavy atom. The summed E-state index contributed by atoms with van der Waals surface area (Å²) in [6, 6.07) is 8.38. The molecule has 176 valence electrons. The van der Waals surface area contributed by atoms with Crippen LogP contribution in [0.5, 0.6) is 0 Å². The van der Waals surface area contributed by atoms with Gasteiger partial charge < -0.3 is 0 Å². The van der Waals surface area contributed by atoms with Gasteiger partial charge in [0.1, 0.15) is 0 Å². The quantitative estimate of drug-likeness (QED) is 0.103. The van der Waals surface area contributed by atoms with Crippen molar-refractivity contribution in [3.63, 3.8) is 0 Å². The molecule has 0 atom stereocenters. The zero-order valence-corrected chi connectivity index (χ0v) is 20.3. The second kappa shape index (κ2) is 22.6. The van der Waals surface area contributed by atoms with Crippen molar-refractivity contribution in [1.29, 1.82) is 0 Å². The van der Waals surface area contributed by atoms with E-state index in [-0.39, 0.29) is 62.9 Å². The fourth-order valence-electron chi connectivity index (χ4n) is 3.83. The van der Waals surface area contributed by atoms with E-state index in [9.17, 15) is 8.42 Å². The van der Waals surface area contributed by atoms with Crippen LogP contribution >= 0.6 is 0 Å². The number of rotatable bonds is 21. The topological polar surface area (TPSA) is 43.4 Å². The molecule has 0 N–H and O–H groups in total. The van der Waals surface area contributed by atoms with E-state index in [2.05, 4.69) is 6.92 Å². The van der Waals surface area contributed by atoms with Gasteiger partial charge in [-0.05, 0) is 18.6 Å². The first-order chi connectivity index (χ1) is 14.7. The summed E-state index contributed by atoms with van der Waals surface area (Å²) in [6.07, 6.45) is 23.9. The van der Waals surface area contributed by atoms with Crippen LogP contribution in [0.1, 0.15) is 122 Å². The Morgan fingerprint density at radius 3 is 1.32 bits per heavy atom. The number of hydrogen-bond acceptors (Lipinski definition) is 3. The molecule has 0 aromatic heterocycles. The van der Waals surface area contributed by atoms with Crippen molar-refractivity contribution in [1.82, 2.24) is 0 Å². The summed E-state index contributed by atoms with van der Waals surface area (Å²) in [7, 11) is -3.58. The average molecular weight is 479 g/mol. The van der Waals surface area contributed by atoms with Crippen molar-refractivity contribution < 1.29 is 12.6 Å². The van der Waals surface area contributed by atoms with Crippen LogP contribution in [-0.2, 0) is 14.3 Å². The Morgan fingerprint density at radius 1 is 0.581 bits per heavy atom. The molecule has 0 aliphatic rings. The molecule has 0 aliphatic carbocycles. The van der Waals surface area contributed by atoms with Crippen LogP contribution in [0.25, 0.3) is 0 Å². The monoisotopic (exact) mass is 478 g/mol. The summed E-state index contributed by atoms with van der Waals surface area (Å²) in [5.74, 6) is 0. The average Bonchev–Trinajstić information content (AvgIpc) is 2.76. The summed E-state index contributed by atoms with van der Waals surface area (Å²) in [5, 5.41) is 0. The minimum absolute atomic E-state index is 0. The Bertz CT molecular complexity index is 590. The molecular formula is C26H47KO3S. The first kappa shape index (κ1) is 31.8. The molecule has 0 unspecified atom stereocenters. The first-order valence-electron chi connectivity index (χ1n) is 12.6. The molecule has 0 spiro atoms. The van der Waals surface area contributed by atoms with Crippen molar-refractivity contribution in [2.75, 3.05) is 6.61 Å². The Balaban J connectivity index is 0.00000900. The van der Waals surface area contributed by atoms with E-state index in [0.717, 1.165) is 12.8 Å². The second-order valence-corrected chi connectivity index (χ2v) is 10.2. The molecule has 0 saturated carbocycles. The van der Waals surface area contributed by atoms with E-state index in [1.54, 1.807) is 30.3 Å². The van der Waals surface area contributed by atoms with Crippen LogP contribution in [0.15, 0.2) is 35.2 Å². The number of hydrogen-bond donors (Lipinski definition) is 0. The maximum absolute atomic E-state index is 12.0. The van der Waals surface area contributed by atoms with Gasteiger partial charge in [0.15, 0.2) is 0 Å². The van der Waals surface area contributed by atoms with Crippen LogP contribution in [0, 0.1) is 0 Å². The molecule has 0 radical (unpaired) electrons. The first-order valence-corrected chi connectivity index (χ1v) is 14.0. The normalized spacial score (nSPS) is 11.4. The van der Waals surface area contributed by atoms with Gasteiger partial charge >= 0.3 is 51.4 Å². The molecule has 31 heavy (non-hydrogen) atoms. The Labute approximate surface area is 236 Å². The minimum atomic E-state index is -3.58. The predicted octanol–water partition coefficient (Wildman–Crippen LogP) is 7.79. The molecule has 1 aromatic carbocycles. The van der Waals surface area contributed by atoms with Gasteiger partial charge in [0.2, 0.25) is 0 Å². The van der Waals surface area contributed by atoms with Crippen LogP contribution < -0.4 is 0 Å². The molecule has 1 aromatic rings. The molecule has 0 bridgehead atoms. The molecular weight excluding hydrogens is 431 g/mol. The molecule has 1 rings (SSSR count). The summed E-state index contributed by atoms with van der Waals surface area (Å²) >= 11 is 0. The van der Waals surface area contributed by atoms with E-state index in [4.69, 9.17) is 4.18 Å². The van der Waals surface area contributed by atoms with Crippen LogP contribution in [0.3, 0.4) is 0 Å². The molecule has 0 heterocycles. The Kier molecular flexibility index (Phi) is 23.1. The third-order valence-electron chi connectivity index (χ3n) is 5.77. The summed E-state index contributed by atoms with van der Waals surface area (Å²) in [6.45, 7) is 2.57. The Hall–Kier alpha value is 0.766. The van der Waals surface area contributed by atoms with Crippen molar-refractivity contribution in [2.45, 2.75) is 127 Å². The zero-order valence-electron chi connectivity index (χ0n) is 19.5. The van der Waals surface area contributed by atoms with Gasteiger partial charge in [-0.1, -0.05) is 134 Å². The third-order valence-corrected chi connectivity index (χ3v) is 7.09. The molecule has 0 fully saturated rings. The van der Waals surface area contributed by atoms with E-state index in [1.807, 2.05) is 0 Å². The third kappa shape index (κ3) is 18.8. The van der Waals surface area contributed by atoms with Crippen LogP contribution in [-0.4, -0.2) is 66.4 Å². The molecule has 5 heteroatoms. The van der Waals surface area contributed by atoms with Gasteiger partial charge in [0, 0.05) is 0 Å². The number of unbranched alkanes of at least 4 members (excludes halogenated alkanes) is 17. The van der Waals surface area contributed by atoms with E-state index < -0.39 is 10.1 Å². The number of benzene rings is 1. The van der Waals surface area contributed by atoms with Crippen molar-refractivity contribution in [2.24, 2.45) is 0 Å². The van der Waals surface area contributed by atoms with Crippen molar-refractivity contribution >= 4 is 61.5 Å². The summed E-state index contributed by atoms with van der Waals surface area (Å²) < 4.78 is 29.1. The van der Waals surface area contributed by atoms with Crippen molar-refractivity contribution in [3.8, 4) is 0 Å². The fourth-order valence-corrected chi connectivity index (χ4v) is 4.79. The molecule has 3 nitrogen and oxygen atoms in total. The SMILES string of the molecule is CCCCCCCCCCCCCCCCCCCCOS(=O)(=O)c1ccccc1.[KH]. The molecule has 0 aliphatic heterocycles. The maximum atomic E-state index is 12.0. The van der Waals surface area contributed by atoms with Gasteiger partial charge in [0.05, 0.1) is 11.5 Å². The van der Waals surface area contributed by atoms with Gasteiger partial charge in [0.25, 0.3) is 10.1 Å². The summed E-state index contributed by atoms with van der Waals surface area (Å²) in [5.41, 5.74) is 0. The molecule has 0 amide bonds. The fraction of sp³-hybridized carbons (Fsp3) is 0.769. The van der Waals surface area contributed by atoms with Gasteiger partial charge in [-0.3, -0.25) is 4.18 Å². The van der Waals surface area contributed by atoms with Gasteiger partial charge in [-0.25, -0.2) is 0 Å². The zero-order chi connectivity index (χ0) is 21.8. The van der Waals surface area contributed by atoms with Crippen molar-refractivity contribution in [3.05, 3.63) is 30.3 Å². The van der Waals surface area contributed by atoms with Crippen LogP contribution in [0.4, 0.5) is 0 Å². The van der Waals surface area contributed by atoms with E-state index in [1.165, 1.54) is 103 Å². The van der Waals surface area contributed by atoms with E-state index >= 15 is 0 Å². The van der Waals surface area contributed by atoms with Gasteiger partial charge in [-0.15, -0.1) is 0 Å². The standard InChI is InChI=1S/C26H46O3S.K.H/c1-2-3-4-5-6-7-8-9-10-11-12-13-14-15-16-17-18-22-25-29-30(27,28)26-23-20-19-21-24-26;;/h19-21,23-24H,2-18,22,25H2,1H3;;. The molecule has 0 saturated heterocycles. The second-order valence-electron chi connectivity index (χ2n) is 8.60. The summed E-state index contributed by atoms with van der Waals surface area (Å²) in [4.78, 5) is 0.243. The van der Waals surface area contributed by atoms with E-state index in [0.29, 0.717) is 0 Å². The van der Waals surface area contributed by atoms with Crippen LogP contribution in [0.2, 0.25) is 0 Å².